The Labute approximate surface area is 93.7 Å². The van der Waals surface area contributed by atoms with Crippen LogP contribution in [0.15, 0.2) is 36.7 Å². The Bertz CT molecular complexity index is 529. The molecule has 16 heavy (non-hydrogen) atoms. The van der Waals surface area contributed by atoms with Crippen LogP contribution in [0.4, 0.5) is 0 Å². The summed E-state index contributed by atoms with van der Waals surface area (Å²) in [6.07, 6.45) is 5.27. The number of hydrogen-bond donors (Lipinski definition) is 0. The number of aryl methyl sites for hydroxylation is 1. The number of aromatic nitrogens is 2. The summed E-state index contributed by atoms with van der Waals surface area (Å²) in [4.78, 5) is 11.5. The van der Waals surface area contributed by atoms with Gasteiger partial charge in [0.15, 0.2) is 5.78 Å². The molecule has 1 aliphatic carbocycles. The Morgan fingerprint density at radius 2 is 2.25 bits per heavy atom. The molecular formula is C13H12N2O. The van der Waals surface area contributed by atoms with E-state index in [-0.39, 0.29) is 5.78 Å². The van der Waals surface area contributed by atoms with Crippen LogP contribution < -0.4 is 0 Å². The van der Waals surface area contributed by atoms with Gasteiger partial charge in [-0.15, -0.1) is 0 Å². The third-order valence-corrected chi connectivity index (χ3v) is 3.00. The van der Waals surface area contributed by atoms with Crippen LogP contribution in [-0.4, -0.2) is 15.6 Å². The maximum Gasteiger partial charge on any atom is 0.163 e. The van der Waals surface area contributed by atoms with Crippen LogP contribution in [0.2, 0.25) is 0 Å². The molecule has 0 N–H and O–H groups in total. The molecule has 0 atom stereocenters. The van der Waals surface area contributed by atoms with E-state index >= 15 is 0 Å². The lowest BCUT2D eigenvalue weighted by Gasteiger charge is -2.04. The number of rotatable bonds is 2. The third kappa shape index (κ3) is 1.54. The average Bonchev–Trinajstić information content (AvgIpc) is 2.90. The lowest BCUT2D eigenvalue weighted by atomic mass is 10.1. The number of hydrogen-bond acceptors (Lipinski definition) is 2. The molecule has 1 aromatic carbocycles. The van der Waals surface area contributed by atoms with Crippen LogP contribution in [0, 0.1) is 0 Å². The molecule has 0 saturated heterocycles. The van der Waals surface area contributed by atoms with Crippen LogP contribution in [-0.2, 0) is 13.0 Å². The Kier molecular flexibility index (Phi) is 2.10. The van der Waals surface area contributed by atoms with E-state index in [1.54, 1.807) is 6.20 Å². The van der Waals surface area contributed by atoms with Gasteiger partial charge in [-0.05, 0) is 23.6 Å². The molecular weight excluding hydrogens is 200 g/mol. The number of fused-ring (bicyclic) bond motifs is 1. The second-order valence-corrected chi connectivity index (χ2v) is 4.12. The first kappa shape index (κ1) is 9.33. The Morgan fingerprint density at radius 3 is 3.06 bits per heavy atom. The predicted octanol–water partition coefficient (Wildman–Crippen LogP) is 2.06. The molecule has 3 nitrogen and oxygen atoms in total. The van der Waals surface area contributed by atoms with Crippen molar-refractivity contribution < 1.29 is 4.79 Å². The van der Waals surface area contributed by atoms with E-state index in [1.165, 1.54) is 11.1 Å². The van der Waals surface area contributed by atoms with Crippen LogP contribution in [0.5, 0.6) is 0 Å². The van der Waals surface area contributed by atoms with E-state index in [0.717, 1.165) is 18.5 Å². The summed E-state index contributed by atoms with van der Waals surface area (Å²) < 4.78 is 1.89. The third-order valence-electron chi connectivity index (χ3n) is 3.00. The second-order valence-electron chi connectivity index (χ2n) is 4.12. The van der Waals surface area contributed by atoms with Crippen molar-refractivity contribution in [2.75, 3.05) is 0 Å². The molecule has 80 valence electrons. The summed E-state index contributed by atoms with van der Waals surface area (Å²) in [5.41, 5.74) is 3.30. The van der Waals surface area contributed by atoms with E-state index in [4.69, 9.17) is 0 Å². The molecule has 0 bridgehead atoms. The standard InChI is InChI=1S/C13H12N2O/c16-13-5-3-11-8-10(2-4-12(11)13)9-15-7-1-6-14-15/h1-2,4,6-8H,3,5,9H2. The fourth-order valence-corrected chi connectivity index (χ4v) is 2.19. The van der Waals surface area contributed by atoms with Gasteiger partial charge >= 0.3 is 0 Å². The predicted molar refractivity (Wildman–Crippen MR) is 60.4 cm³/mol. The van der Waals surface area contributed by atoms with E-state index in [1.807, 2.05) is 29.1 Å². The highest BCUT2D eigenvalue weighted by Crippen LogP contribution is 2.23. The molecule has 0 fully saturated rings. The Balaban J connectivity index is 1.90. The highest BCUT2D eigenvalue weighted by molar-refractivity contribution is 6.00. The maximum atomic E-state index is 11.5. The lowest BCUT2D eigenvalue weighted by molar-refractivity contribution is 0.0994. The molecule has 2 aromatic rings. The van der Waals surface area contributed by atoms with Gasteiger partial charge in [-0.1, -0.05) is 18.2 Å². The molecule has 1 aromatic heterocycles. The van der Waals surface area contributed by atoms with Crippen LogP contribution in [0.1, 0.15) is 27.9 Å². The molecule has 0 aliphatic heterocycles. The van der Waals surface area contributed by atoms with Gasteiger partial charge in [0.05, 0.1) is 6.54 Å². The van der Waals surface area contributed by atoms with E-state index in [0.29, 0.717) is 6.42 Å². The zero-order valence-electron chi connectivity index (χ0n) is 8.89. The highest BCUT2D eigenvalue weighted by atomic mass is 16.1. The number of benzene rings is 1. The molecule has 1 heterocycles. The first-order valence-electron chi connectivity index (χ1n) is 5.45. The second kappa shape index (κ2) is 3.59. The highest BCUT2D eigenvalue weighted by Gasteiger charge is 2.18. The number of carbonyl (C=O) groups is 1. The smallest absolute Gasteiger partial charge is 0.163 e. The number of nitrogens with zero attached hydrogens (tertiary/aromatic N) is 2. The summed E-state index contributed by atoms with van der Waals surface area (Å²) in [6, 6.07) is 8.01. The minimum absolute atomic E-state index is 0.278. The van der Waals surface area contributed by atoms with E-state index in [9.17, 15) is 4.79 Å². The zero-order valence-corrected chi connectivity index (χ0v) is 8.89. The quantitative estimate of drug-likeness (QED) is 0.763. The lowest BCUT2D eigenvalue weighted by Crippen LogP contribution is -2.01. The van der Waals surface area contributed by atoms with Crippen molar-refractivity contribution in [1.82, 2.24) is 9.78 Å². The van der Waals surface area contributed by atoms with Crippen molar-refractivity contribution in [3.05, 3.63) is 53.3 Å². The van der Waals surface area contributed by atoms with Crippen molar-refractivity contribution in [3.63, 3.8) is 0 Å². The topological polar surface area (TPSA) is 34.9 Å². The minimum atomic E-state index is 0.278. The fraction of sp³-hybridized carbons (Fsp3) is 0.231. The van der Waals surface area contributed by atoms with Gasteiger partial charge in [0, 0.05) is 24.4 Å². The van der Waals surface area contributed by atoms with Crippen molar-refractivity contribution >= 4 is 5.78 Å². The molecule has 0 amide bonds. The number of carbonyl (C=O) groups excluding carboxylic acids is 1. The van der Waals surface area contributed by atoms with Gasteiger partial charge in [0.1, 0.15) is 0 Å². The molecule has 1 aliphatic rings. The van der Waals surface area contributed by atoms with Gasteiger partial charge < -0.3 is 0 Å². The van der Waals surface area contributed by atoms with Crippen molar-refractivity contribution in [2.45, 2.75) is 19.4 Å². The minimum Gasteiger partial charge on any atom is -0.294 e. The van der Waals surface area contributed by atoms with Crippen LogP contribution in [0.3, 0.4) is 0 Å². The Hall–Kier alpha value is -1.90. The monoisotopic (exact) mass is 212 g/mol. The summed E-state index contributed by atoms with van der Waals surface area (Å²) in [5.74, 6) is 0.278. The number of ketones is 1. The van der Waals surface area contributed by atoms with Crippen LogP contribution >= 0.6 is 0 Å². The Morgan fingerprint density at radius 1 is 1.31 bits per heavy atom. The van der Waals surface area contributed by atoms with Crippen molar-refractivity contribution in [2.24, 2.45) is 0 Å². The molecule has 0 saturated carbocycles. The summed E-state index contributed by atoms with van der Waals surface area (Å²) >= 11 is 0. The van der Waals surface area contributed by atoms with Gasteiger partial charge in [-0.25, -0.2) is 0 Å². The largest absolute Gasteiger partial charge is 0.294 e. The van der Waals surface area contributed by atoms with Gasteiger partial charge in [-0.3, -0.25) is 9.48 Å². The SMILES string of the molecule is O=C1CCc2cc(Cn3cccn3)ccc21. The molecule has 3 rings (SSSR count). The van der Waals surface area contributed by atoms with Crippen LogP contribution in [0.25, 0.3) is 0 Å². The van der Waals surface area contributed by atoms with Crippen molar-refractivity contribution in [1.29, 1.82) is 0 Å². The summed E-state index contributed by atoms with van der Waals surface area (Å²) in [5, 5.41) is 4.17. The first-order valence-corrected chi connectivity index (χ1v) is 5.45. The average molecular weight is 212 g/mol. The molecule has 0 unspecified atom stereocenters. The first-order chi connectivity index (χ1) is 7.83. The summed E-state index contributed by atoms with van der Waals surface area (Å²) in [6.45, 7) is 0.772. The van der Waals surface area contributed by atoms with E-state index < -0.39 is 0 Å². The molecule has 3 heteroatoms. The summed E-state index contributed by atoms with van der Waals surface area (Å²) in [7, 11) is 0. The number of Topliss-reactive ketones (excluding diaryl/α,β-unsaturated/α-hetero) is 1. The van der Waals surface area contributed by atoms with Gasteiger partial charge in [0.2, 0.25) is 0 Å². The molecule has 0 radical (unpaired) electrons. The maximum absolute atomic E-state index is 11.5. The van der Waals surface area contributed by atoms with Gasteiger partial charge in [0.25, 0.3) is 0 Å². The fourth-order valence-electron chi connectivity index (χ4n) is 2.19. The normalized spacial score (nSPS) is 14.1. The van der Waals surface area contributed by atoms with Crippen molar-refractivity contribution in [3.8, 4) is 0 Å². The van der Waals surface area contributed by atoms with Gasteiger partial charge in [-0.2, -0.15) is 5.10 Å². The zero-order chi connectivity index (χ0) is 11.0. The molecule has 0 spiro atoms. The van der Waals surface area contributed by atoms with E-state index in [2.05, 4.69) is 11.2 Å².